The van der Waals surface area contributed by atoms with Crippen LogP contribution in [0.15, 0.2) is 38.0 Å². The number of halogens is 2. The van der Waals surface area contributed by atoms with E-state index in [-0.39, 0.29) is 17.3 Å². The predicted octanol–water partition coefficient (Wildman–Crippen LogP) is 2.55. The number of hydrogen-bond donors (Lipinski definition) is 2. The van der Waals surface area contributed by atoms with Gasteiger partial charge in [-0.2, -0.15) is 0 Å². The van der Waals surface area contributed by atoms with Gasteiger partial charge in [0.25, 0.3) is 17.4 Å². The first-order chi connectivity index (χ1) is 15.2. The molecule has 168 valence electrons. The van der Waals surface area contributed by atoms with Gasteiger partial charge in [0.2, 0.25) is 9.37 Å². The van der Waals surface area contributed by atoms with Gasteiger partial charge in [-0.15, -0.1) is 0 Å². The minimum Gasteiger partial charge on any atom is -0.505 e. The molecule has 1 atom stereocenters. The highest BCUT2D eigenvalue weighted by Gasteiger charge is 2.49. The molecule has 0 spiro atoms. The molecule has 32 heavy (non-hydrogen) atoms. The van der Waals surface area contributed by atoms with Crippen molar-refractivity contribution in [2.24, 2.45) is 3.15 Å². The first-order valence-corrected chi connectivity index (χ1v) is 11.7. The van der Waals surface area contributed by atoms with Crippen LogP contribution in [0.5, 0.6) is 5.75 Å². The maximum absolute atomic E-state index is 13.3. The second-order valence-electron chi connectivity index (χ2n) is 7.49. The predicted molar refractivity (Wildman–Crippen MR) is 122 cm³/mol. The lowest BCUT2D eigenvalue weighted by Gasteiger charge is -2.34. The van der Waals surface area contributed by atoms with E-state index in [1.807, 2.05) is 0 Å². The summed E-state index contributed by atoms with van der Waals surface area (Å²) in [5.41, 5.74) is 0.0981. The molecule has 1 aromatic carbocycles. The first-order valence-electron chi connectivity index (χ1n) is 9.66. The third-order valence-corrected chi connectivity index (χ3v) is 7.99. The van der Waals surface area contributed by atoms with Crippen molar-refractivity contribution in [1.82, 2.24) is 14.8 Å². The number of pyridine rings is 1. The lowest BCUT2D eigenvalue weighted by atomic mass is 10.0. The van der Waals surface area contributed by atoms with Crippen molar-refractivity contribution in [2.45, 2.75) is 16.4 Å². The molecule has 0 saturated heterocycles. The van der Waals surface area contributed by atoms with E-state index in [1.165, 1.54) is 34.8 Å². The van der Waals surface area contributed by atoms with Crippen LogP contribution in [0.3, 0.4) is 0 Å². The Morgan fingerprint density at radius 3 is 2.62 bits per heavy atom. The highest BCUT2D eigenvalue weighted by Crippen LogP contribution is 2.58. The van der Waals surface area contributed by atoms with Crippen molar-refractivity contribution < 1.29 is 23.8 Å². The Bertz CT molecular complexity index is 1250. The first kappa shape index (κ1) is 22.1. The highest BCUT2D eigenvalue weighted by molar-refractivity contribution is 14.2. The molecule has 2 aliphatic rings. The molecule has 1 aromatic heterocycles. The summed E-state index contributed by atoms with van der Waals surface area (Å²) < 4.78 is 24.0. The van der Waals surface area contributed by atoms with Gasteiger partial charge < -0.3 is 20.1 Å². The maximum Gasteiger partial charge on any atom is 0.290 e. The van der Waals surface area contributed by atoms with E-state index in [1.54, 1.807) is 26.2 Å². The number of carbonyl (C=O) groups is 2. The Morgan fingerprint density at radius 1 is 1.31 bits per heavy atom. The van der Waals surface area contributed by atoms with Gasteiger partial charge in [-0.3, -0.25) is 19.0 Å². The molecule has 2 amide bonds. The van der Waals surface area contributed by atoms with Crippen molar-refractivity contribution in [3.8, 4) is 5.75 Å². The van der Waals surface area contributed by atoms with E-state index in [2.05, 4.69) is 8.46 Å². The normalized spacial score (nSPS) is 18.2. The van der Waals surface area contributed by atoms with Crippen LogP contribution >= 0.6 is 21.0 Å². The summed E-state index contributed by atoms with van der Waals surface area (Å²) in [7, 11) is 4.46. The summed E-state index contributed by atoms with van der Waals surface area (Å²) >= 11 is -1.18. The van der Waals surface area contributed by atoms with Gasteiger partial charge in [-0.1, -0.05) is 12.1 Å². The SMILES string of the molecule is CNC(=O)c1c(O)c2c3n(c1=O)C=C(C(=O)N(C)C)OC3(CCc1ccc(F)cc1)I=N2. The largest absolute Gasteiger partial charge is 0.505 e. The monoisotopic (exact) mass is 554 g/mol. The van der Waals surface area contributed by atoms with E-state index in [4.69, 9.17) is 4.74 Å². The second kappa shape index (κ2) is 8.11. The molecule has 2 N–H and O–H groups in total. The molecule has 2 aliphatic heterocycles. The third kappa shape index (κ3) is 3.49. The van der Waals surface area contributed by atoms with Crippen LogP contribution in [0.1, 0.15) is 28.0 Å². The number of aryl methyl sites for hydroxylation is 1. The smallest absolute Gasteiger partial charge is 0.290 e. The number of alkyl halides is 1. The van der Waals surface area contributed by atoms with Gasteiger partial charge in [-0.25, -0.2) is 7.54 Å². The fourth-order valence-electron chi connectivity index (χ4n) is 3.58. The fourth-order valence-corrected chi connectivity index (χ4v) is 6.26. The number of hydrogen-bond acceptors (Lipinski definition) is 6. The molecule has 0 aliphatic carbocycles. The molecular formula is C21H20FIN4O5. The number of likely N-dealkylation sites (N-methyl/N-ethyl adjacent to an activating group) is 1. The summed E-state index contributed by atoms with van der Waals surface area (Å²) in [6.07, 6.45) is 2.05. The Labute approximate surface area is 192 Å². The molecule has 0 fully saturated rings. The summed E-state index contributed by atoms with van der Waals surface area (Å²) in [6.45, 7) is 0. The van der Waals surface area contributed by atoms with Crippen molar-refractivity contribution >= 4 is 44.7 Å². The highest BCUT2D eigenvalue weighted by atomic mass is 127. The molecule has 2 aromatic rings. The zero-order valence-corrected chi connectivity index (χ0v) is 19.6. The zero-order valence-electron chi connectivity index (χ0n) is 17.5. The molecule has 1 unspecified atom stereocenters. The number of amides is 2. The van der Waals surface area contributed by atoms with E-state index in [0.29, 0.717) is 18.5 Å². The number of benzene rings is 1. The van der Waals surface area contributed by atoms with Gasteiger partial charge in [0.05, 0.1) is 27.2 Å². The van der Waals surface area contributed by atoms with Crippen LogP contribution in [-0.2, 0) is 19.6 Å². The standard InChI is InChI=1S/C21H20FIN4O5/c1-24-18(29)14-16(28)15-17-21(23-25-15,9-8-11-4-6-12(22)7-5-11)32-13(19(30)26(2)3)10-27(17)20(14)31/h4-7,10,28H,8-9H2,1-3H3,(H,24,29). The van der Waals surface area contributed by atoms with Crippen molar-refractivity contribution in [1.29, 1.82) is 0 Å². The van der Waals surface area contributed by atoms with E-state index < -0.39 is 53.3 Å². The number of aromatic nitrogens is 1. The number of nitrogens with one attached hydrogen (secondary N) is 1. The van der Waals surface area contributed by atoms with Crippen LogP contribution in [0, 0.1) is 5.82 Å². The Morgan fingerprint density at radius 2 is 2.00 bits per heavy atom. The maximum atomic E-state index is 13.3. The number of aromatic hydroxyl groups is 1. The molecule has 0 saturated carbocycles. The van der Waals surface area contributed by atoms with Crippen molar-refractivity contribution in [3.63, 3.8) is 0 Å². The lowest BCUT2D eigenvalue weighted by molar-refractivity contribution is -0.130. The number of ether oxygens (including phenoxy) is 1. The molecular weight excluding hydrogens is 534 g/mol. The summed E-state index contributed by atoms with van der Waals surface area (Å²) in [5, 5.41) is 13.0. The van der Waals surface area contributed by atoms with Crippen LogP contribution in [0.25, 0.3) is 6.20 Å². The second-order valence-corrected chi connectivity index (χ2v) is 10.2. The Hall–Kier alpha value is -3.09. The molecule has 4 rings (SSSR count). The van der Waals surface area contributed by atoms with Gasteiger partial charge in [0.15, 0.2) is 5.75 Å². The number of nitrogens with zero attached hydrogens (tertiary/aromatic N) is 3. The van der Waals surface area contributed by atoms with Gasteiger partial charge in [0.1, 0.15) is 22.8 Å². The van der Waals surface area contributed by atoms with Crippen molar-refractivity contribution in [3.05, 3.63) is 63.0 Å². The molecule has 0 radical (unpaired) electrons. The van der Waals surface area contributed by atoms with Gasteiger partial charge in [-0.05, 0) is 24.1 Å². The molecule has 0 bridgehead atoms. The topological polar surface area (TPSA) is 113 Å². The van der Waals surface area contributed by atoms with Gasteiger partial charge >= 0.3 is 0 Å². The summed E-state index contributed by atoms with van der Waals surface area (Å²) in [5.74, 6) is -2.10. The van der Waals surface area contributed by atoms with E-state index >= 15 is 0 Å². The number of carbonyl (C=O) groups excluding carboxylic acids is 2. The Kier molecular flexibility index (Phi) is 5.61. The molecule has 9 nitrogen and oxygen atoms in total. The molecule has 11 heteroatoms. The van der Waals surface area contributed by atoms with Crippen LogP contribution < -0.4 is 10.9 Å². The molecule has 3 heterocycles. The summed E-state index contributed by atoms with van der Waals surface area (Å²) in [6, 6.07) is 6.02. The van der Waals surface area contributed by atoms with Crippen LogP contribution in [0.4, 0.5) is 10.1 Å². The average Bonchev–Trinajstić information content (AvgIpc) is 3.16. The quantitative estimate of drug-likeness (QED) is 0.436. The average molecular weight is 554 g/mol. The van der Waals surface area contributed by atoms with E-state index in [0.717, 1.165) is 5.56 Å². The lowest BCUT2D eigenvalue weighted by Crippen LogP contribution is -2.40. The zero-order chi connectivity index (χ0) is 23.2. The van der Waals surface area contributed by atoms with Crippen molar-refractivity contribution in [2.75, 3.05) is 21.1 Å². The third-order valence-electron chi connectivity index (χ3n) is 5.21. The Balaban J connectivity index is 1.88. The van der Waals surface area contributed by atoms with Crippen LogP contribution in [0.2, 0.25) is 0 Å². The van der Waals surface area contributed by atoms with E-state index in [9.17, 15) is 23.9 Å². The fraction of sp³-hybridized carbons (Fsp3) is 0.286. The minimum atomic E-state index is -1.18. The number of rotatable bonds is 5. The van der Waals surface area contributed by atoms with Crippen LogP contribution in [-0.4, -0.2) is 47.5 Å². The summed E-state index contributed by atoms with van der Waals surface area (Å²) in [4.78, 5) is 39.5. The minimum absolute atomic E-state index is 0.0556. The van der Waals surface area contributed by atoms with Gasteiger partial charge in [0, 0.05) is 27.6 Å².